The van der Waals surface area contributed by atoms with E-state index in [-0.39, 0.29) is 33.8 Å². The summed E-state index contributed by atoms with van der Waals surface area (Å²) in [6.07, 6.45) is 0.169. The van der Waals surface area contributed by atoms with Crippen molar-refractivity contribution in [1.29, 1.82) is 0 Å². The van der Waals surface area contributed by atoms with Crippen molar-refractivity contribution >= 4 is 44.4 Å². The number of benzene rings is 2. The monoisotopic (exact) mass is 449 g/mol. The van der Waals surface area contributed by atoms with Crippen molar-refractivity contribution in [3.05, 3.63) is 63.3 Å². The Morgan fingerprint density at radius 2 is 1.93 bits per heavy atom. The molecule has 2 N–H and O–H groups in total. The fourth-order valence-electron chi connectivity index (χ4n) is 3.32. The van der Waals surface area contributed by atoms with E-state index in [0.717, 1.165) is 10.4 Å². The van der Waals surface area contributed by atoms with Crippen molar-refractivity contribution in [3.63, 3.8) is 0 Å². The van der Waals surface area contributed by atoms with Crippen LogP contribution in [0.4, 0.5) is 5.69 Å². The molecule has 4 rings (SSSR count). The first-order valence-corrected chi connectivity index (χ1v) is 11.3. The number of carbonyl (C=O) groups excluding carboxylic acids is 1. The van der Waals surface area contributed by atoms with E-state index in [1.165, 1.54) is 48.8 Å². The average Bonchev–Trinajstić information content (AvgIpc) is 3.12. The van der Waals surface area contributed by atoms with Gasteiger partial charge >= 0.3 is 0 Å². The molecule has 0 fully saturated rings. The Bertz CT molecular complexity index is 1200. The molecule has 0 spiro atoms. The number of sulfone groups is 1. The number of phenolic OH excluding ortho intramolecular Hbond substituents is 1. The van der Waals surface area contributed by atoms with Gasteiger partial charge in [0.25, 0.3) is 0 Å². The van der Waals surface area contributed by atoms with Crippen LogP contribution in [0.25, 0.3) is 0 Å². The molecule has 1 atom stereocenters. The van der Waals surface area contributed by atoms with Crippen LogP contribution >= 0.6 is 22.9 Å². The second kappa shape index (κ2) is 7.37. The number of aromatic hydroxyl groups is 1. The summed E-state index contributed by atoms with van der Waals surface area (Å²) in [6, 6.07) is 10.8. The molecule has 0 radical (unpaired) electrons. The van der Waals surface area contributed by atoms with Gasteiger partial charge < -0.3 is 15.2 Å². The average molecular weight is 450 g/mol. The fraction of sp³-hybridized carbons (Fsp3) is 0.150. The zero-order valence-electron chi connectivity index (χ0n) is 15.2. The molecule has 3 aromatic rings. The maximum atomic E-state index is 13.1. The van der Waals surface area contributed by atoms with Gasteiger partial charge in [0.05, 0.1) is 17.7 Å². The minimum absolute atomic E-state index is 0.00563. The molecule has 0 saturated heterocycles. The van der Waals surface area contributed by atoms with Crippen LogP contribution in [-0.2, 0) is 14.6 Å². The summed E-state index contributed by atoms with van der Waals surface area (Å²) in [4.78, 5) is 13.3. The number of ether oxygens (including phenoxy) is 1. The second-order valence-electron chi connectivity index (χ2n) is 6.53. The normalized spacial score (nSPS) is 16.2. The van der Waals surface area contributed by atoms with E-state index in [4.69, 9.17) is 16.3 Å². The van der Waals surface area contributed by atoms with Crippen LogP contribution in [0.5, 0.6) is 11.5 Å². The van der Waals surface area contributed by atoms with Gasteiger partial charge in [0.15, 0.2) is 11.5 Å². The number of halogens is 1. The minimum Gasteiger partial charge on any atom is -0.504 e. The van der Waals surface area contributed by atoms with Crippen LogP contribution in [0.3, 0.4) is 0 Å². The number of nitrogens with one attached hydrogen (secondary N) is 1. The number of thiophene rings is 1. The summed E-state index contributed by atoms with van der Waals surface area (Å²) in [7, 11) is -2.39. The van der Waals surface area contributed by atoms with Crippen LogP contribution in [-0.4, -0.2) is 26.5 Å². The Labute approximate surface area is 176 Å². The molecule has 0 unspecified atom stereocenters. The van der Waals surface area contributed by atoms with Gasteiger partial charge in [0.2, 0.25) is 15.7 Å². The molecule has 1 aliphatic rings. The van der Waals surface area contributed by atoms with Crippen molar-refractivity contribution in [1.82, 2.24) is 0 Å². The molecule has 0 saturated carbocycles. The van der Waals surface area contributed by atoms with E-state index in [1.54, 1.807) is 17.5 Å². The zero-order chi connectivity index (χ0) is 20.8. The summed E-state index contributed by atoms with van der Waals surface area (Å²) >= 11 is 7.14. The summed E-state index contributed by atoms with van der Waals surface area (Å²) in [5, 5.41) is 14.6. The highest BCUT2D eigenvalue weighted by Gasteiger charge is 2.34. The number of phenols is 1. The van der Waals surface area contributed by atoms with Gasteiger partial charge in [-0.05, 0) is 42.0 Å². The Morgan fingerprint density at radius 3 is 2.62 bits per heavy atom. The number of rotatable bonds is 4. The van der Waals surface area contributed by atoms with Gasteiger partial charge in [-0.1, -0.05) is 17.7 Å². The molecule has 29 heavy (non-hydrogen) atoms. The lowest BCUT2D eigenvalue weighted by molar-refractivity contribution is -0.116. The maximum absolute atomic E-state index is 13.1. The van der Waals surface area contributed by atoms with Gasteiger partial charge in [-0.15, -0.1) is 11.3 Å². The first kappa shape index (κ1) is 19.8. The highest BCUT2D eigenvalue weighted by atomic mass is 35.5. The molecule has 9 heteroatoms. The number of hydrogen-bond donors (Lipinski definition) is 2. The van der Waals surface area contributed by atoms with Crippen molar-refractivity contribution < 1.29 is 23.1 Å². The molecule has 2 heterocycles. The molecule has 6 nitrogen and oxygen atoms in total. The first-order valence-electron chi connectivity index (χ1n) is 8.60. The maximum Gasteiger partial charge on any atom is 0.225 e. The van der Waals surface area contributed by atoms with Gasteiger partial charge in [-0.25, -0.2) is 8.42 Å². The highest BCUT2D eigenvalue weighted by Crippen LogP contribution is 2.46. The third-order valence-electron chi connectivity index (χ3n) is 4.78. The quantitative estimate of drug-likeness (QED) is 0.615. The zero-order valence-corrected chi connectivity index (χ0v) is 17.6. The number of fused-ring (bicyclic) bond motifs is 1. The van der Waals surface area contributed by atoms with E-state index in [0.29, 0.717) is 16.5 Å². The summed E-state index contributed by atoms with van der Waals surface area (Å²) in [6.45, 7) is 0. The number of anilines is 1. The molecule has 0 aliphatic carbocycles. The molecule has 1 aromatic heterocycles. The molecular formula is C20H16ClNO5S2. The van der Waals surface area contributed by atoms with Crippen molar-refractivity contribution in [2.75, 3.05) is 12.4 Å². The fourth-order valence-corrected chi connectivity index (χ4v) is 6.36. The van der Waals surface area contributed by atoms with Crippen molar-refractivity contribution in [3.8, 4) is 11.5 Å². The van der Waals surface area contributed by atoms with Gasteiger partial charge in [0, 0.05) is 27.6 Å². The molecule has 1 aliphatic heterocycles. The number of hydrogen-bond acceptors (Lipinski definition) is 6. The Morgan fingerprint density at radius 1 is 1.21 bits per heavy atom. The smallest absolute Gasteiger partial charge is 0.225 e. The largest absolute Gasteiger partial charge is 0.504 e. The van der Waals surface area contributed by atoms with Gasteiger partial charge in [-0.2, -0.15) is 0 Å². The minimum atomic E-state index is -3.83. The van der Waals surface area contributed by atoms with E-state index in [2.05, 4.69) is 5.32 Å². The van der Waals surface area contributed by atoms with E-state index in [9.17, 15) is 18.3 Å². The van der Waals surface area contributed by atoms with Crippen LogP contribution in [0.15, 0.2) is 57.6 Å². The predicted octanol–water partition coefficient (Wildman–Crippen LogP) is 4.42. The SMILES string of the molecule is COc1cc([C@@H]2CC(=O)Nc3c(S(=O)(=O)c4ccc(Cl)cc4)csc32)ccc1O. The van der Waals surface area contributed by atoms with E-state index < -0.39 is 9.84 Å². The lowest BCUT2D eigenvalue weighted by Gasteiger charge is -2.24. The van der Waals surface area contributed by atoms with E-state index >= 15 is 0 Å². The van der Waals surface area contributed by atoms with Gasteiger partial charge in [-0.3, -0.25) is 4.79 Å². The second-order valence-corrected chi connectivity index (χ2v) is 9.80. The molecule has 1 amide bonds. The van der Waals surface area contributed by atoms with Crippen LogP contribution in [0.2, 0.25) is 5.02 Å². The molecule has 150 valence electrons. The summed E-state index contributed by atoms with van der Waals surface area (Å²) < 4.78 is 31.4. The van der Waals surface area contributed by atoms with Crippen molar-refractivity contribution in [2.45, 2.75) is 22.1 Å². The lowest BCUT2D eigenvalue weighted by atomic mass is 9.90. The first-order chi connectivity index (χ1) is 13.8. The summed E-state index contributed by atoms with van der Waals surface area (Å²) in [5.41, 5.74) is 1.06. The van der Waals surface area contributed by atoms with Gasteiger partial charge in [0.1, 0.15) is 4.90 Å². The Balaban J connectivity index is 1.82. The predicted molar refractivity (Wildman–Crippen MR) is 111 cm³/mol. The molecular weight excluding hydrogens is 434 g/mol. The number of carbonyl (C=O) groups is 1. The standard InChI is InChI=1S/C20H16ClNO5S2/c1-27-16-8-11(2-7-15(16)23)14-9-18(24)22-19-17(10-28-20(14)19)29(25,26)13-5-3-12(21)4-6-13/h2-8,10,14,23H,9H2,1H3,(H,22,24)/t14-/m0/s1. The Hall–Kier alpha value is -2.55. The van der Waals surface area contributed by atoms with Crippen LogP contribution in [0.1, 0.15) is 22.8 Å². The van der Waals surface area contributed by atoms with Crippen molar-refractivity contribution in [2.24, 2.45) is 0 Å². The Kier molecular flexibility index (Phi) is 5.02. The van der Waals surface area contributed by atoms with E-state index in [1.807, 2.05) is 0 Å². The summed E-state index contributed by atoms with van der Waals surface area (Å²) in [5.74, 6) is -0.331. The topological polar surface area (TPSA) is 92.7 Å². The van der Waals surface area contributed by atoms with Crippen LogP contribution in [0, 0.1) is 0 Å². The lowest BCUT2D eigenvalue weighted by Crippen LogP contribution is -2.23. The third-order valence-corrected chi connectivity index (χ3v) is 8.07. The number of amides is 1. The number of methoxy groups -OCH3 is 1. The molecule has 0 bridgehead atoms. The van der Waals surface area contributed by atoms with Crippen LogP contribution < -0.4 is 10.1 Å². The molecule has 2 aromatic carbocycles. The third kappa shape index (κ3) is 3.48. The highest BCUT2D eigenvalue weighted by molar-refractivity contribution is 7.91.